The summed E-state index contributed by atoms with van der Waals surface area (Å²) < 4.78 is 1.69. The Morgan fingerprint density at radius 1 is 1.26 bits per heavy atom. The molecule has 0 unspecified atom stereocenters. The maximum absolute atomic E-state index is 12.4. The minimum Gasteiger partial charge on any atom is -0.324 e. The summed E-state index contributed by atoms with van der Waals surface area (Å²) in [5.41, 5.74) is 6.88. The van der Waals surface area contributed by atoms with Gasteiger partial charge >= 0.3 is 0 Å². The zero-order valence-electron chi connectivity index (χ0n) is 12.1. The largest absolute Gasteiger partial charge is 0.324 e. The van der Waals surface area contributed by atoms with Gasteiger partial charge in [-0.2, -0.15) is 0 Å². The molecule has 0 amide bonds. The zero-order chi connectivity index (χ0) is 14.2. The van der Waals surface area contributed by atoms with Gasteiger partial charge in [0.05, 0.1) is 0 Å². The first-order valence-corrected chi connectivity index (χ1v) is 6.70. The van der Waals surface area contributed by atoms with Crippen molar-refractivity contribution in [1.29, 1.82) is 0 Å². The quantitative estimate of drug-likeness (QED) is 0.920. The Hall–Kier alpha value is -1.61. The third-order valence-electron chi connectivity index (χ3n) is 3.25. The molecule has 1 aromatic heterocycles. The summed E-state index contributed by atoms with van der Waals surface area (Å²) in [6, 6.07) is 8.05. The molecule has 0 atom stereocenters. The molecule has 19 heavy (non-hydrogen) atoms. The molecule has 0 saturated heterocycles. The molecule has 0 aliphatic heterocycles. The summed E-state index contributed by atoms with van der Waals surface area (Å²) in [5, 5.41) is 1.76. The van der Waals surface area contributed by atoms with E-state index in [2.05, 4.69) is 19.9 Å². The highest BCUT2D eigenvalue weighted by atomic mass is 16.1. The highest BCUT2D eigenvalue weighted by Crippen LogP contribution is 2.19. The van der Waals surface area contributed by atoms with Crippen molar-refractivity contribution >= 4 is 10.8 Å². The van der Waals surface area contributed by atoms with Crippen LogP contribution in [0.3, 0.4) is 0 Å². The summed E-state index contributed by atoms with van der Waals surface area (Å²) in [7, 11) is 0. The first kappa shape index (κ1) is 13.8. The molecule has 0 spiro atoms. The SMILES string of the molecule is CC(C)c1ccc2c(=O)n(CC(C)(C)N)ccc2c1. The highest BCUT2D eigenvalue weighted by molar-refractivity contribution is 5.82. The molecule has 3 heteroatoms. The van der Waals surface area contributed by atoms with Crippen molar-refractivity contribution in [3.63, 3.8) is 0 Å². The molecule has 0 aliphatic rings. The average Bonchev–Trinajstić information content (AvgIpc) is 2.31. The van der Waals surface area contributed by atoms with Gasteiger partial charge in [-0.05, 0) is 42.8 Å². The van der Waals surface area contributed by atoms with Crippen molar-refractivity contribution in [1.82, 2.24) is 4.57 Å². The third kappa shape index (κ3) is 3.04. The molecule has 1 aromatic carbocycles. The lowest BCUT2D eigenvalue weighted by atomic mass is 10.00. The minimum atomic E-state index is -0.393. The normalized spacial score (nSPS) is 12.3. The number of hydrogen-bond acceptors (Lipinski definition) is 2. The first-order valence-electron chi connectivity index (χ1n) is 6.70. The number of benzene rings is 1. The molecule has 2 aromatic rings. The van der Waals surface area contributed by atoms with Crippen molar-refractivity contribution in [3.8, 4) is 0 Å². The summed E-state index contributed by atoms with van der Waals surface area (Å²) in [6.45, 7) is 8.67. The van der Waals surface area contributed by atoms with Crippen LogP contribution < -0.4 is 11.3 Å². The van der Waals surface area contributed by atoms with Gasteiger partial charge in [-0.15, -0.1) is 0 Å². The van der Waals surface area contributed by atoms with E-state index in [-0.39, 0.29) is 5.56 Å². The number of fused-ring (bicyclic) bond motifs is 1. The molecule has 0 radical (unpaired) electrons. The Kier molecular flexibility index (Phi) is 3.50. The van der Waals surface area contributed by atoms with Crippen molar-refractivity contribution in [3.05, 3.63) is 46.4 Å². The van der Waals surface area contributed by atoms with Crippen molar-refractivity contribution < 1.29 is 0 Å². The maximum atomic E-state index is 12.4. The lowest BCUT2D eigenvalue weighted by Crippen LogP contribution is -2.40. The van der Waals surface area contributed by atoms with Crippen LogP contribution in [0, 0.1) is 0 Å². The molecule has 0 bridgehead atoms. The van der Waals surface area contributed by atoms with Gasteiger partial charge in [0.25, 0.3) is 5.56 Å². The van der Waals surface area contributed by atoms with E-state index >= 15 is 0 Å². The van der Waals surface area contributed by atoms with Crippen LogP contribution in [-0.2, 0) is 6.54 Å². The fourth-order valence-corrected chi connectivity index (χ4v) is 2.23. The van der Waals surface area contributed by atoms with Gasteiger partial charge < -0.3 is 10.3 Å². The van der Waals surface area contributed by atoms with E-state index in [1.165, 1.54) is 5.56 Å². The summed E-state index contributed by atoms with van der Waals surface area (Å²) in [5.74, 6) is 0.467. The first-order chi connectivity index (χ1) is 8.78. The van der Waals surface area contributed by atoms with E-state index in [9.17, 15) is 4.79 Å². The monoisotopic (exact) mass is 258 g/mol. The molecule has 102 valence electrons. The fourth-order valence-electron chi connectivity index (χ4n) is 2.23. The van der Waals surface area contributed by atoms with Gasteiger partial charge in [-0.3, -0.25) is 4.79 Å². The van der Waals surface area contributed by atoms with Crippen LogP contribution in [0.2, 0.25) is 0 Å². The van der Waals surface area contributed by atoms with E-state index in [0.29, 0.717) is 12.5 Å². The lowest BCUT2D eigenvalue weighted by molar-refractivity contribution is 0.428. The van der Waals surface area contributed by atoms with Gasteiger partial charge in [-0.1, -0.05) is 26.0 Å². The molecule has 2 rings (SSSR count). The lowest BCUT2D eigenvalue weighted by Gasteiger charge is -2.20. The topological polar surface area (TPSA) is 48.0 Å². The number of rotatable bonds is 3. The third-order valence-corrected chi connectivity index (χ3v) is 3.25. The molecule has 2 N–H and O–H groups in total. The van der Waals surface area contributed by atoms with Gasteiger partial charge in [0.1, 0.15) is 0 Å². The molecule has 3 nitrogen and oxygen atoms in total. The second kappa shape index (κ2) is 4.82. The van der Waals surface area contributed by atoms with Crippen LogP contribution >= 0.6 is 0 Å². The molecule has 0 saturated carbocycles. The summed E-state index contributed by atoms with van der Waals surface area (Å²) in [6.07, 6.45) is 1.84. The van der Waals surface area contributed by atoms with Crippen LogP contribution in [0.25, 0.3) is 10.8 Å². The highest BCUT2D eigenvalue weighted by Gasteiger charge is 2.13. The van der Waals surface area contributed by atoms with Crippen molar-refractivity contribution in [2.24, 2.45) is 5.73 Å². The second-order valence-electron chi connectivity index (χ2n) is 6.24. The Balaban J connectivity index is 2.54. The average molecular weight is 258 g/mol. The van der Waals surface area contributed by atoms with Gasteiger partial charge in [0.15, 0.2) is 0 Å². The molecule has 1 heterocycles. The Labute approximate surface area is 114 Å². The van der Waals surface area contributed by atoms with Crippen LogP contribution in [-0.4, -0.2) is 10.1 Å². The predicted molar refractivity (Wildman–Crippen MR) is 80.6 cm³/mol. The van der Waals surface area contributed by atoms with Crippen LogP contribution in [0.15, 0.2) is 35.3 Å². The summed E-state index contributed by atoms with van der Waals surface area (Å²) in [4.78, 5) is 12.4. The summed E-state index contributed by atoms with van der Waals surface area (Å²) >= 11 is 0. The smallest absolute Gasteiger partial charge is 0.258 e. The van der Waals surface area contributed by atoms with Crippen molar-refractivity contribution in [2.45, 2.75) is 45.7 Å². The standard InChI is InChI=1S/C16H22N2O/c1-11(2)12-5-6-14-13(9-12)7-8-18(15(14)19)10-16(3,4)17/h5-9,11H,10,17H2,1-4H3. The van der Waals surface area contributed by atoms with Gasteiger partial charge in [0, 0.05) is 23.7 Å². The van der Waals surface area contributed by atoms with Crippen LogP contribution in [0.4, 0.5) is 0 Å². The Morgan fingerprint density at radius 2 is 1.95 bits per heavy atom. The number of hydrogen-bond donors (Lipinski definition) is 1. The predicted octanol–water partition coefficient (Wildman–Crippen LogP) is 2.86. The number of nitrogens with zero attached hydrogens (tertiary/aromatic N) is 1. The van der Waals surface area contributed by atoms with Crippen molar-refractivity contribution in [2.75, 3.05) is 0 Å². The maximum Gasteiger partial charge on any atom is 0.258 e. The van der Waals surface area contributed by atoms with E-state index in [0.717, 1.165) is 10.8 Å². The molecule has 0 aliphatic carbocycles. The van der Waals surface area contributed by atoms with E-state index in [1.54, 1.807) is 4.57 Å². The Morgan fingerprint density at radius 3 is 2.53 bits per heavy atom. The molecular weight excluding hydrogens is 236 g/mol. The van der Waals surface area contributed by atoms with E-state index < -0.39 is 5.54 Å². The second-order valence-corrected chi connectivity index (χ2v) is 6.24. The molecule has 0 fully saturated rings. The van der Waals surface area contributed by atoms with Gasteiger partial charge in [0.2, 0.25) is 0 Å². The van der Waals surface area contributed by atoms with E-state index in [4.69, 9.17) is 5.73 Å². The van der Waals surface area contributed by atoms with Crippen LogP contribution in [0.5, 0.6) is 0 Å². The van der Waals surface area contributed by atoms with E-state index in [1.807, 2.05) is 38.2 Å². The minimum absolute atomic E-state index is 0.0336. The van der Waals surface area contributed by atoms with Crippen LogP contribution in [0.1, 0.15) is 39.2 Å². The number of nitrogens with two attached hydrogens (primary N) is 1. The Bertz CT molecular complexity index is 648. The zero-order valence-corrected chi connectivity index (χ0v) is 12.1. The number of aromatic nitrogens is 1. The molecular formula is C16H22N2O. The number of pyridine rings is 1. The fraction of sp³-hybridized carbons (Fsp3) is 0.438. The van der Waals surface area contributed by atoms with Gasteiger partial charge in [-0.25, -0.2) is 0 Å².